The van der Waals surface area contributed by atoms with Crippen molar-refractivity contribution in [1.29, 1.82) is 0 Å². The number of aliphatic hydroxyl groups excluding tert-OH is 1. The van der Waals surface area contributed by atoms with E-state index in [4.69, 9.17) is 15.7 Å². The van der Waals surface area contributed by atoms with E-state index in [2.05, 4.69) is 10.1 Å². The number of amidine groups is 1. The van der Waals surface area contributed by atoms with E-state index < -0.39 is 0 Å². The third-order valence-corrected chi connectivity index (χ3v) is 3.63. The third kappa shape index (κ3) is 3.40. The molecule has 0 atom stereocenters. The van der Waals surface area contributed by atoms with E-state index >= 15 is 0 Å². The molecule has 1 aromatic rings. The molecule has 0 amide bonds. The first-order valence-electron chi connectivity index (χ1n) is 6.69. The lowest BCUT2D eigenvalue weighted by molar-refractivity contribution is 0.0789. The van der Waals surface area contributed by atoms with Gasteiger partial charge in [-0.25, -0.2) is 0 Å². The number of rotatable bonds is 4. The second-order valence-electron chi connectivity index (χ2n) is 5.02. The number of hydrogen-bond donors (Lipinski definition) is 3. The van der Waals surface area contributed by atoms with Crippen LogP contribution < -0.4 is 10.5 Å². The van der Waals surface area contributed by atoms with E-state index in [0.29, 0.717) is 5.56 Å². The first kappa shape index (κ1) is 14.6. The fraction of sp³-hybridized carbons (Fsp3) is 0.500. The molecule has 110 valence electrons. The Bertz CT molecular complexity index is 483. The topological polar surface area (TPSA) is 91.3 Å². The maximum Gasteiger partial charge on any atom is 0.170 e. The Morgan fingerprint density at radius 1 is 1.45 bits per heavy atom. The molecule has 0 spiro atoms. The number of nitrogens with two attached hydrogens (primary N) is 1. The van der Waals surface area contributed by atoms with Crippen molar-refractivity contribution in [1.82, 2.24) is 4.90 Å². The zero-order valence-electron chi connectivity index (χ0n) is 11.6. The average Bonchev–Trinajstić information content (AvgIpc) is 2.48. The number of aliphatic hydroxyl groups is 1. The Morgan fingerprint density at radius 3 is 2.75 bits per heavy atom. The van der Waals surface area contributed by atoms with Gasteiger partial charge in [0, 0.05) is 30.8 Å². The Kier molecular flexibility index (Phi) is 4.81. The first-order valence-corrected chi connectivity index (χ1v) is 6.69. The highest BCUT2D eigenvalue weighted by molar-refractivity contribution is 5.97. The molecule has 0 aliphatic carbocycles. The molecule has 1 aliphatic heterocycles. The molecule has 0 unspecified atom stereocenters. The Morgan fingerprint density at radius 2 is 2.15 bits per heavy atom. The van der Waals surface area contributed by atoms with E-state index in [9.17, 15) is 5.11 Å². The molecule has 2 rings (SSSR count). The van der Waals surface area contributed by atoms with Crippen molar-refractivity contribution >= 4 is 5.84 Å². The van der Waals surface area contributed by atoms with Crippen LogP contribution in [0.15, 0.2) is 23.4 Å². The summed E-state index contributed by atoms with van der Waals surface area (Å²) >= 11 is 0. The van der Waals surface area contributed by atoms with Gasteiger partial charge in [0.05, 0.1) is 13.2 Å². The molecule has 0 aromatic heterocycles. The van der Waals surface area contributed by atoms with E-state index in [1.165, 1.54) is 0 Å². The molecule has 1 aliphatic rings. The van der Waals surface area contributed by atoms with Gasteiger partial charge >= 0.3 is 0 Å². The van der Waals surface area contributed by atoms with Crippen LogP contribution >= 0.6 is 0 Å². The van der Waals surface area contributed by atoms with Crippen LogP contribution in [0.3, 0.4) is 0 Å². The van der Waals surface area contributed by atoms with Crippen molar-refractivity contribution in [2.24, 2.45) is 10.9 Å². The summed E-state index contributed by atoms with van der Waals surface area (Å²) in [7, 11) is 1.63. The maximum absolute atomic E-state index is 9.53. The summed E-state index contributed by atoms with van der Waals surface area (Å²) in [6.45, 7) is 2.44. The zero-order chi connectivity index (χ0) is 14.5. The molecule has 0 saturated carbocycles. The van der Waals surface area contributed by atoms with Gasteiger partial charge in [0.2, 0.25) is 0 Å². The minimum Gasteiger partial charge on any atom is -0.496 e. The summed E-state index contributed by atoms with van der Waals surface area (Å²) in [5, 5.41) is 21.3. The van der Waals surface area contributed by atoms with Crippen molar-refractivity contribution in [2.75, 3.05) is 20.2 Å². The SMILES string of the molecule is COc1ccc(/C(N)=N/O)cc1CN1CCC(O)CC1. The van der Waals surface area contributed by atoms with Crippen molar-refractivity contribution < 1.29 is 15.1 Å². The summed E-state index contributed by atoms with van der Waals surface area (Å²) in [5.41, 5.74) is 7.28. The van der Waals surface area contributed by atoms with Crippen LogP contribution in [-0.4, -0.2) is 47.4 Å². The fourth-order valence-electron chi connectivity index (χ4n) is 2.44. The first-order chi connectivity index (χ1) is 9.63. The summed E-state index contributed by atoms with van der Waals surface area (Å²) in [6, 6.07) is 5.46. The molecule has 0 bridgehead atoms. The Hall–Kier alpha value is -1.79. The van der Waals surface area contributed by atoms with Crippen LogP contribution in [-0.2, 0) is 6.54 Å². The molecule has 1 fully saturated rings. The number of oxime groups is 1. The van der Waals surface area contributed by atoms with Gasteiger partial charge in [-0.1, -0.05) is 5.16 Å². The van der Waals surface area contributed by atoms with Gasteiger partial charge < -0.3 is 20.8 Å². The Labute approximate surface area is 118 Å². The van der Waals surface area contributed by atoms with Crippen LogP contribution in [0.2, 0.25) is 0 Å². The standard InChI is InChI=1S/C14H21N3O3/c1-20-13-3-2-10(14(15)16-19)8-11(13)9-17-6-4-12(18)5-7-17/h2-3,8,12,18-19H,4-7,9H2,1H3,(H2,15,16). The Balaban J connectivity index is 2.16. The van der Waals surface area contributed by atoms with E-state index in [1.807, 2.05) is 12.1 Å². The molecular weight excluding hydrogens is 258 g/mol. The average molecular weight is 279 g/mol. The van der Waals surface area contributed by atoms with Crippen molar-refractivity contribution in [3.8, 4) is 5.75 Å². The zero-order valence-corrected chi connectivity index (χ0v) is 11.6. The number of likely N-dealkylation sites (tertiary alicyclic amines) is 1. The number of methoxy groups -OCH3 is 1. The second-order valence-corrected chi connectivity index (χ2v) is 5.02. The predicted octanol–water partition coefficient (Wildman–Crippen LogP) is 0.746. The van der Waals surface area contributed by atoms with Crippen LogP contribution in [0.1, 0.15) is 24.0 Å². The smallest absolute Gasteiger partial charge is 0.170 e. The number of nitrogens with zero attached hydrogens (tertiary/aromatic N) is 2. The van der Waals surface area contributed by atoms with Gasteiger partial charge in [0.25, 0.3) is 0 Å². The molecule has 20 heavy (non-hydrogen) atoms. The quantitative estimate of drug-likeness (QED) is 0.327. The summed E-state index contributed by atoms with van der Waals surface area (Å²) in [5.74, 6) is 0.869. The van der Waals surface area contributed by atoms with E-state index in [0.717, 1.165) is 43.8 Å². The number of hydrogen-bond acceptors (Lipinski definition) is 5. The van der Waals surface area contributed by atoms with Crippen LogP contribution in [0.4, 0.5) is 0 Å². The lowest BCUT2D eigenvalue weighted by Crippen LogP contribution is -2.35. The van der Waals surface area contributed by atoms with E-state index in [1.54, 1.807) is 13.2 Å². The molecule has 4 N–H and O–H groups in total. The lowest BCUT2D eigenvalue weighted by atomic mass is 10.0. The number of benzene rings is 1. The predicted molar refractivity (Wildman–Crippen MR) is 76.0 cm³/mol. The minimum atomic E-state index is -0.184. The number of ether oxygens (including phenoxy) is 1. The maximum atomic E-state index is 9.53. The van der Waals surface area contributed by atoms with Gasteiger partial charge in [-0.15, -0.1) is 0 Å². The summed E-state index contributed by atoms with van der Waals surface area (Å²) in [4.78, 5) is 2.26. The van der Waals surface area contributed by atoms with Crippen molar-refractivity contribution in [2.45, 2.75) is 25.5 Å². The minimum absolute atomic E-state index is 0.0861. The normalized spacial score (nSPS) is 18.2. The van der Waals surface area contributed by atoms with Gasteiger partial charge in [-0.3, -0.25) is 4.90 Å². The molecule has 1 aromatic carbocycles. The molecule has 6 heteroatoms. The molecular formula is C14H21N3O3. The van der Waals surface area contributed by atoms with Crippen LogP contribution in [0.25, 0.3) is 0 Å². The second kappa shape index (κ2) is 6.58. The lowest BCUT2D eigenvalue weighted by Gasteiger charge is -2.30. The molecule has 1 heterocycles. The third-order valence-electron chi connectivity index (χ3n) is 3.63. The van der Waals surface area contributed by atoms with Gasteiger partial charge in [0.1, 0.15) is 5.75 Å². The summed E-state index contributed by atoms with van der Waals surface area (Å²) in [6.07, 6.45) is 1.40. The van der Waals surface area contributed by atoms with E-state index in [-0.39, 0.29) is 11.9 Å². The van der Waals surface area contributed by atoms with Gasteiger partial charge in [0.15, 0.2) is 5.84 Å². The fourth-order valence-corrected chi connectivity index (χ4v) is 2.44. The van der Waals surface area contributed by atoms with Crippen LogP contribution in [0, 0.1) is 0 Å². The summed E-state index contributed by atoms with van der Waals surface area (Å²) < 4.78 is 5.36. The highest BCUT2D eigenvalue weighted by Gasteiger charge is 2.18. The molecule has 0 radical (unpaired) electrons. The molecule has 1 saturated heterocycles. The van der Waals surface area contributed by atoms with Gasteiger partial charge in [-0.2, -0.15) is 0 Å². The van der Waals surface area contributed by atoms with Crippen LogP contribution in [0.5, 0.6) is 5.75 Å². The largest absolute Gasteiger partial charge is 0.496 e. The monoisotopic (exact) mass is 279 g/mol. The van der Waals surface area contributed by atoms with Gasteiger partial charge in [-0.05, 0) is 31.0 Å². The molecule has 6 nitrogen and oxygen atoms in total. The highest BCUT2D eigenvalue weighted by atomic mass is 16.5. The highest BCUT2D eigenvalue weighted by Crippen LogP contribution is 2.23. The number of piperidine rings is 1. The van der Waals surface area contributed by atoms with Crippen molar-refractivity contribution in [3.63, 3.8) is 0 Å². The van der Waals surface area contributed by atoms with Crippen molar-refractivity contribution in [3.05, 3.63) is 29.3 Å².